The second-order valence-electron chi connectivity index (χ2n) is 5.78. The molecule has 18 heavy (non-hydrogen) atoms. The summed E-state index contributed by atoms with van der Waals surface area (Å²) in [6.07, 6.45) is 8.44. The molecule has 0 radical (unpaired) electrons. The summed E-state index contributed by atoms with van der Waals surface area (Å²) in [5.41, 5.74) is 2.78. The van der Waals surface area contributed by atoms with Gasteiger partial charge < -0.3 is 5.32 Å². The molecular weight excluding hydrogens is 218 g/mol. The lowest BCUT2D eigenvalue weighted by Crippen LogP contribution is -2.36. The van der Waals surface area contributed by atoms with Crippen LogP contribution in [0.3, 0.4) is 0 Å². The molecule has 1 saturated carbocycles. The predicted octanol–water partition coefficient (Wildman–Crippen LogP) is 4.44. The zero-order valence-electron chi connectivity index (χ0n) is 11.9. The summed E-state index contributed by atoms with van der Waals surface area (Å²) in [7, 11) is 0. The van der Waals surface area contributed by atoms with Gasteiger partial charge in [-0.2, -0.15) is 0 Å². The lowest BCUT2D eigenvalue weighted by atomic mass is 9.83. The second-order valence-corrected chi connectivity index (χ2v) is 5.78. The smallest absolute Gasteiger partial charge is 0.0208 e. The van der Waals surface area contributed by atoms with E-state index in [1.54, 1.807) is 0 Å². The molecule has 0 saturated heterocycles. The fourth-order valence-electron chi connectivity index (χ4n) is 3.25. The van der Waals surface area contributed by atoms with E-state index in [0.29, 0.717) is 6.04 Å². The Hall–Kier alpha value is -0.820. The van der Waals surface area contributed by atoms with E-state index in [-0.39, 0.29) is 0 Å². The molecule has 1 aliphatic rings. The average Bonchev–Trinajstić information content (AvgIpc) is 2.41. The number of nitrogens with one attached hydrogen (secondary N) is 1. The lowest BCUT2D eigenvalue weighted by Gasteiger charge is -2.30. The van der Waals surface area contributed by atoms with Crippen molar-refractivity contribution in [3.63, 3.8) is 0 Å². The SMILES string of the molecule is CCC(NCc1cccc(C)c1)C1CCCCC1. The Kier molecular flexibility index (Phi) is 5.25. The summed E-state index contributed by atoms with van der Waals surface area (Å²) in [6, 6.07) is 9.56. The van der Waals surface area contributed by atoms with Gasteiger partial charge in [-0.15, -0.1) is 0 Å². The van der Waals surface area contributed by atoms with Gasteiger partial charge in [-0.1, -0.05) is 56.0 Å². The highest BCUT2D eigenvalue weighted by molar-refractivity contribution is 5.22. The molecule has 1 heteroatoms. The van der Waals surface area contributed by atoms with E-state index >= 15 is 0 Å². The molecule has 1 aromatic rings. The van der Waals surface area contributed by atoms with Crippen LogP contribution in [0.1, 0.15) is 56.6 Å². The summed E-state index contributed by atoms with van der Waals surface area (Å²) in [5, 5.41) is 3.78. The van der Waals surface area contributed by atoms with Crippen LogP contribution in [-0.2, 0) is 6.54 Å². The van der Waals surface area contributed by atoms with E-state index in [1.165, 1.54) is 49.7 Å². The summed E-state index contributed by atoms with van der Waals surface area (Å²) in [5.74, 6) is 0.911. The van der Waals surface area contributed by atoms with Crippen LogP contribution < -0.4 is 5.32 Å². The molecule has 2 rings (SSSR count). The van der Waals surface area contributed by atoms with Crippen molar-refractivity contribution in [2.24, 2.45) is 5.92 Å². The number of rotatable bonds is 5. The minimum absolute atomic E-state index is 0.714. The Bertz CT molecular complexity index is 352. The minimum Gasteiger partial charge on any atom is -0.310 e. The maximum absolute atomic E-state index is 3.78. The second kappa shape index (κ2) is 6.94. The zero-order chi connectivity index (χ0) is 12.8. The van der Waals surface area contributed by atoms with Crippen LogP contribution in [0, 0.1) is 12.8 Å². The quantitative estimate of drug-likeness (QED) is 0.808. The maximum Gasteiger partial charge on any atom is 0.0208 e. The van der Waals surface area contributed by atoms with Crippen LogP contribution >= 0.6 is 0 Å². The number of hydrogen-bond acceptors (Lipinski definition) is 1. The van der Waals surface area contributed by atoms with Gasteiger partial charge in [0.25, 0.3) is 0 Å². The molecule has 0 spiro atoms. The number of hydrogen-bond donors (Lipinski definition) is 1. The van der Waals surface area contributed by atoms with Crippen molar-refractivity contribution in [1.29, 1.82) is 0 Å². The molecule has 1 aliphatic carbocycles. The summed E-state index contributed by atoms with van der Waals surface area (Å²) in [6.45, 7) is 5.52. The van der Waals surface area contributed by atoms with Gasteiger partial charge >= 0.3 is 0 Å². The molecule has 0 amide bonds. The van der Waals surface area contributed by atoms with Crippen molar-refractivity contribution in [2.75, 3.05) is 0 Å². The third kappa shape index (κ3) is 3.84. The minimum atomic E-state index is 0.714. The fraction of sp³-hybridized carbons (Fsp3) is 0.647. The Morgan fingerprint density at radius 1 is 1.22 bits per heavy atom. The van der Waals surface area contributed by atoms with E-state index in [4.69, 9.17) is 0 Å². The van der Waals surface area contributed by atoms with Crippen LogP contribution in [0.15, 0.2) is 24.3 Å². The molecule has 1 unspecified atom stereocenters. The monoisotopic (exact) mass is 245 g/mol. The molecule has 100 valence electrons. The topological polar surface area (TPSA) is 12.0 Å². The van der Waals surface area contributed by atoms with Crippen LogP contribution in [0.5, 0.6) is 0 Å². The van der Waals surface area contributed by atoms with Crippen molar-refractivity contribution >= 4 is 0 Å². The van der Waals surface area contributed by atoms with E-state index in [9.17, 15) is 0 Å². The zero-order valence-corrected chi connectivity index (χ0v) is 11.9. The number of aryl methyl sites for hydroxylation is 1. The highest BCUT2D eigenvalue weighted by Gasteiger charge is 2.21. The fourth-order valence-corrected chi connectivity index (χ4v) is 3.25. The standard InChI is InChI=1S/C17H27N/c1-3-17(16-10-5-4-6-11-16)18-13-15-9-7-8-14(2)12-15/h7-9,12,16-18H,3-6,10-11,13H2,1-2H3. The summed E-state index contributed by atoms with van der Waals surface area (Å²) >= 11 is 0. The Morgan fingerprint density at radius 2 is 2.00 bits per heavy atom. The molecular formula is C17H27N. The molecule has 0 heterocycles. The van der Waals surface area contributed by atoms with Gasteiger partial charge in [-0.05, 0) is 37.7 Å². The van der Waals surface area contributed by atoms with Crippen molar-refractivity contribution in [2.45, 2.75) is 65.0 Å². The van der Waals surface area contributed by atoms with Gasteiger partial charge in [0, 0.05) is 12.6 Å². The first kappa shape index (κ1) is 13.6. The maximum atomic E-state index is 3.78. The molecule has 1 fully saturated rings. The van der Waals surface area contributed by atoms with Crippen molar-refractivity contribution < 1.29 is 0 Å². The largest absolute Gasteiger partial charge is 0.310 e. The van der Waals surface area contributed by atoms with Crippen molar-refractivity contribution in [3.05, 3.63) is 35.4 Å². The van der Waals surface area contributed by atoms with E-state index in [1.807, 2.05) is 0 Å². The van der Waals surface area contributed by atoms with E-state index in [2.05, 4.69) is 43.4 Å². The van der Waals surface area contributed by atoms with Gasteiger partial charge in [0.1, 0.15) is 0 Å². The predicted molar refractivity (Wildman–Crippen MR) is 78.7 cm³/mol. The van der Waals surface area contributed by atoms with Crippen LogP contribution in [-0.4, -0.2) is 6.04 Å². The van der Waals surface area contributed by atoms with Gasteiger partial charge in [0.15, 0.2) is 0 Å². The first-order valence-electron chi connectivity index (χ1n) is 7.58. The summed E-state index contributed by atoms with van der Waals surface area (Å²) in [4.78, 5) is 0. The highest BCUT2D eigenvalue weighted by atomic mass is 14.9. The Balaban J connectivity index is 1.86. The van der Waals surface area contributed by atoms with Crippen LogP contribution in [0.4, 0.5) is 0 Å². The van der Waals surface area contributed by atoms with Gasteiger partial charge in [-0.25, -0.2) is 0 Å². The van der Waals surface area contributed by atoms with Gasteiger partial charge in [0.2, 0.25) is 0 Å². The molecule has 1 atom stereocenters. The Labute approximate surface area is 112 Å². The van der Waals surface area contributed by atoms with Crippen LogP contribution in [0.2, 0.25) is 0 Å². The molecule has 1 N–H and O–H groups in total. The average molecular weight is 245 g/mol. The third-order valence-corrected chi connectivity index (χ3v) is 4.31. The van der Waals surface area contributed by atoms with Crippen LogP contribution in [0.25, 0.3) is 0 Å². The summed E-state index contributed by atoms with van der Waals surface area (Å²) < 4.78 is 0. The van der Waals surface area contributed by atoms with Crippen molar-refractivity contribution in [3.8, 4) is 0 Å². The molecule has 0 aliphatic heterocycles. The molecule has 1 nitrogen and oxygen atoms in total. The highest BCUT2D eigenvalue weighted by Crippen LogP contribution is 2.27. The van der Waals surface area contributed by atoms with Gasteiger partial charge in [-0.3, -0.25) is 0 Å². The normalized spacial score (nSPS) is 18.8. The first-order chi connectivity index (χ1) is 8.79. The Morgan fingerprint density at radius 3 is 2.67 bits per heavy atom. The van der Waals surface area contributed by atoms with E-state index < -0.39 is 0 Å². The van der Waals surface area contributed by atoms with Crippen molar-refractivity contribution in [1.82, 2.24) is 5.32 Å². The first-order valence-corrected chi connectivity index (χ1v) is 7.58. The van der Waals surface area contributed by atoms with Gasteiger partial charge in [0.05, 0.1) is 0 Å². The molecule has 0 aromatic heterocycles. The van der Waals surface area contributed by atoms with E-state index in [0.717, 1.165) is 12.5 Å². The molecule has 0 bridgehead atoms. The number of benzene rings is 1. The molecule has 1 aromatic carbocycles. The lowest BCUT2D eigenvalue weighted by molar-refractivity contribution is 0.262. The third-order valence-electron chi connectivity index (χ3n) is 4.31.